The second kappa shape index (κ2) is 5.34. The van der Waals surface area contributed by atoms with Crippen LogP contribution in [0.15, 0.2) is 18.2 Å². The third kappa shape index (κ3) is 2.89. The standard InChI is InChI=1S/C15H17NO3/c1-10-6-7-12(11(2)8-10)13(17)9-16-14(18)4-3-5-15(16)19/h6-8H,3-5,9H2,1-2H3. The molecule has 100 valence electrons. The van der Waals surface area contributed by atoms with Crippen LogP contribution in [0.1, 0.15) is 40.7 Å². The number of piperidine rings is 1. The van der Waals surface area contributed by atoms with Gasteiger partial charge in [0.25, 0.3) is 0 Å². The molecule has 0 N–H and O–H groups in total. The SMILES string of the molecule is Cc1ccc(C(=O)CN2C(=O)CCCC2=O)c(C)c1. The van der Waals surface area contributed by atoms with Crippen LogP contribution < -0.4 is 0 Å². The lowest BCUT2D eigenvalue weighted by molar-refractivity contribution is -0.147. The quantitative estimate of drug-likeness (QED) is 0.616. The van der Waals surface area contributed by atoms with Crippen LogP contribution in [0.3, 0.4) is 0 Å². The molecule has 1 aliphatic heterocycles. The maximum Gasteiger partial charge on any atom is 0.229 e. The number of aryl methyl sites for hydroxylation is 2. The van der Waals surface area contributed by atoms with E-state index in [1.807, 2.05) is 26.0 Å². The number of benzene rings is 1. The Balaban J connectivity index is 2.16. The summed E-state index contributed by atoms with van der Waals surface area (Å²) in [6, 6.07) is 5.54. The number of Topliss-reactive ketones (excluding diaryl/α,β-unsaturated/α-hetero) is 1. The summed E-state index contributed by atoms with van der Waals surface area (Å²) in [6.45, 7) is 3.68. The van der Waals surface area contributed by atoms with Crippen molar-refractivity contribution in [1.29, 1.82) is 0 Å². The zero-order valence-corrected chi connectivity index (χ0v) is 11.2. The smallest absolute Gasteiger partial charge is 0.229 e. The maximum atomic E-state index is 12.2. The second-order valence-electron chi connectivity index (χ2n) is 4.97. The van der Waals surface area contributed by atoms with E-state index in [0.29, 0.717) is 24.8 Å². The number of rotatable bonds is 3. The average molecular weight is 259 g/mol. The van der Waals surface area contributed by atoms with Crippen molar-refractivity contribution in [3.05, 3.63) is 34.9 Å². The van der Waals surface area contributed by atoms with Crippen LogP contribution in [0.2, 0.25) is 0 Å². The number of carbonyl (C=O) groups excluding carboxylic acids is 3. The van der Waals surface area contributed by atoms with Crippen molar-refractivity contribution in [1.82, 2.24) is 4.90 Å². The van der Waals surface area contributed by atoms with Crippen molar-refractivity contribution in [2.45, 2.75) is 33.1 Å². The average Bonchev–Trinajstić information content (AvgIpc) is 2.33. The molecule has 0 aromatic heterocycles. The van der Waals surface area contributed by atoms with Crippen molar-refractivity contribution < 1.29 is 14.4 Å². The van der Waals surface area contributed by atoms with E-state index in [-0.39, 0.29) is 24.1 Å². The van der Waals surface area contributed by atoms with Gasteiger partial charge in [0, 0.05) is 18.4 Å². The molecule has 2 amide bonds. The van der Waals surface area contributed by atoms with Crippen LogP contribution in [0, 0.1) is 13.8 Å². The molecule has 19 heavy (non-hydrogen) atoms. The molecule has 0 radical (unpaired) electrons. The molecule has 0 atom stereocenters. The molecule has 1 aliphatic rings. The molecule has 0 unspecified atom stereocenters. The molecule has 1 saturated heterocycles. The number of likely N-dealkylation sites (tertiary alicyclic amines) is 1. The van der Waals surface area contributed by atoms with E-state index < -0.39 is 0 Å². The van der Waals surface area contributed by atoms with Crippen LogP contribution >= 0.6 is 0 Å². The Kier molecular flexibility index (Phi) is 3.79. The van der Waals surface area contributed by atoms with Crippen molar-refractivity contribution in [3.63, 3.8) is 0 Å². The summed E-state index contributed by atoms with van der Waals surface area (Å²) in [5, 5.41) is 0. The lowest BCUT2D eigenvalue weighted by Gasteiger charge is -2.24. The monoisotopic (exact) mass is 259 g/mol. The minimum absolute atomic E-state index is 0.137. The molecule has 1 fully saturated rings. The molecule has 4 nitrogen and oxygen atoms in total. The minimum atomic E-state index is -0.241. The van der Waals surface area contributed by atoms with Crippen LogP contribution in [-0.4, -0.2) is 29.0 Å². The summed E-state index contributed by atoms with van der Waals surface area (Å²) < 4.78 is 0. The van der Waals surface area contributed by atoms with Gasteiger partial charge in [0.05, 0.1) is 6.54 Å². The van der Waals surface area contributed by atoms with Crippen LogP contribution in [0.4, 0.5) is 0 Å². The highest BCUT2D eigenvalue weighted by Gasteiger charge is 2.28. The number of hydrogen-bond donors (Lipinski definition) is 0. The summed E-state index contributed by atoms with van der Waals surface area (Å²) in [5.41, 5.74) is 2.54. The molecule has 1 aromatic rings. The van der Waals surface area contributed by atoms with E-state index in [1.165, 1.54) is 0 Å². The van der Waals surface area contributed by atoms with Crippen molar-refractivity contribution in [3.8, 4) is 0 Å². The first-order chi connectivity index (χ1) is 8.99. The van der Waals surface area contributed by atoms with Crippen molar-refractivity contribution in [2.75, 3.05) is 6.54 Å². The van der Waals surface area contributed by atoms with Gasteiger partial charge in [-0.2, -0.15) is 0 Å². The highest BCUT2D eigenvalue weighted by molar-refractivity contribution is 6.06. The van der Waals surface area contributed by atoms with Crippen LogP contribution in [0.25, 0.3) is 0 Å². The lowest BCUT2D eigenvalue weighted by atomic mass is 10.0. The molecule has 0 aliphatic carbocycles. The summed E-state index contributed by atoms with van der Waals surface area (Å²) in [7, 11) is 0. The van der Waals surface area contributed by atoms with Gasteiger partial charge in [-0.15, -0.1) is 0 Å². The normalized spacial score (nSPS) is 15.8. The Labute approximate surface area is 112 Å². The van der Waals surface area contributed by atoms with Gasteiger partial charge >= 0.3 is 0 Å². The summed E-state index contributed by atoms with van der Waals surface area (Å²) >= 11 is 0. The van der Waals surface area contributed by atoms with E-state index in [4.69, 9.17) is 0 Å². The molecule has 2 rings (SSSR count). The first-order valence-corrected chi connectivity index (χ1v) is 6.42. The van der Waals surface area contributed by atoms with Gasteiger partial charge in [0.15, 0.2) is 5.78 Å². The van der Waals surface area contributed by atoms with E-state index >= 15 is 0 Å². The molecule has 4 heteroatoms. The molecular formula is C15H17NO3. The number of imide groups is 1. The predicted molar refractivity (Wildman–Crippen MR) is 70.8 cm³/mol. The van der Waals surface area contributed by atoms with E-state index in [1.54, 1.807) is 6.07 Å². The van der Waals surface area contributed by atoms with Gasteiger partial charge in [-0.05, 0) is 25.8 Å². The van der Waals surface area contributed by atoms with E-state index in [0.717, 1.165) is 16.0 Å². The van der Waals surface area contributed by atoms with Gasteiger partial charge < -0.3 is 0 Å². The molecule has 0 spiro atoms. The van der Waals surface area contributed by atoms with Gasteiger partial charge in [-0.3, -0.25) is 19.3 Å². The number of hydrogen-bond acceptors (Lipinski definition) is 3. The third-order valence-electron chi connectivity index (χ3n) is 3.37. The largest absolute Gasteiger partial charge is 0.292 e. The molecule has 1 heterocycles. The Morgan fingerprint density at radius 1 is 1.16 bits per heavy atom. The fraction of sp³-hybridized carbons (Fsp3) is 0.400. The first kappa shape index (κ1) is 13.5. The molecule has 1 aromatic carbocycles. The van der Waals surface area contributed by atoms with Gasteiger partial charge in [-0.1, -0.05) is 23.8 Å². The summed E-state index contributed by atoms with van der Waals surface area (Å²) in [5.74, 6) is -0.662. The summed E-state index contributed by atoms with van der Waals surface area (Å²) in [4.78, 5) is 36.6. The van der Waals surface area contributed by atoms with Gasteiger partial charge in [0.2, 0.25) is 11.8 Å². The second-order valence-corrected chi connectivity index (χ2v) is 4.97. The van der Waals surface area contributed by atoms with Gasteiger partial charge in [-0.25, -0.2) is 0 Å². The molecule has 0 saturated carbocycles. The van der Waals surface area contributed by atoms with Crippen molar-refractivity contribution in [2.24, 2.45) is 0 Å². The first-order valence-electron chi connectivity index (χ1n) is 6.42. The number of carbonyl (C=O) groups is 3. The third-order valence-corrected chi connectivity index (χ3v) is 3.37. The fourth-order valence-corrected chi connectivity index (χ4v) is 2.33. The minimum Gasteiger partial charge on any atom is -0.292 e. The Bertz CT molecular complexity index is 532. The zero-order chi connectivity index (χ0) is 14.0. The highest BCUT2D eigenvalue weighted by Crippen LogP contribution is 2.15. The van der Waals surface area contributed by atoms with Crippen LogP contribution in [-0.2, 0) is 9.59 Å². The Morgan fingerprint density at radius 3 is 2.37 bits per heavy atom. The van der Waals surface area contributed by atoms with Crippen LogP contribution in [0.5, 0.6) is 0 Å². The maximum absolute atomic E-state index is 12.2. The van der Waals surface area contributed by atoms with E-state index in [2.05, 4.69) is 0 Å². The predicted octanol–water partition coefficient (Wildman–Crippen LogP) is 2.03. The highest BCUT2D eigenvalue weighted by atomic mass is 16.2. The summed E-state index contributed by atoms with van der Waals surface area (Å²) in [6.07, 6.45) is 1.30. The zero-order valence-electron chi connectivity index (χ0n) is 11.2. The lowest BCUT2D eigenvalue weighted by Crippen LogP contribution is -2.43. The van der Waals surface area contributed by atoms with E-state index in [9.17, 15) is 14.4 Å². The number of ketones is 1. The Morgan fingerprint density at radius 2 is 1.79 bits per heavy atom. The topological polar surface area (TPSA) is 54.5 Å². The molecule has 0 bridgehead atoms. The number of amides is 2. The number of nitrogens with zero attached hydrogens (tertiary/aromatic N) is 1. The Hall–Kier alpha value is -1.97. The van der Waals surface area contributed by atoms with Crippen molar-refractivity contribution >= 4 is 17.6 Å². The van der Waals surface area contributed by atoms with Gasteiger partial charge in [0.1, 0.15) is 0 Å². The molecular weight excluding hydrogens is 242 g/mol. The fourth-order valence-electron chi connectivity index (χ4n) is 2.33.